The summed E-state index contributed by atoms with van der Waals surface area (Å²) in [6.07, 6.45) is 3.20. The van der Waals surface area contributed by atoms with Crippen LogP contribution in [0.15, 0.2) is 30.3 Å². The van der Waals surface area contributed by atoms with Gasteiger partial charge in [-0.2, -0.15) is 0 Å². The summed E-state index contributed by atoms with van der Waals surface area (Å²) in [5, 5.41) is 14.7. The van der Waals surface area contributed by atoms with E-state index in [1.165, 1.54) is 0 Å². The molecule has 26 heavy (non-hydrogen) atoms. The minimum Gasteiger partial charge on any atom is -0.430 e. The fourth-order valence-corrected chi connectivity index (χ4v) is 3.36. The van der Waals surface area contributed by atoms with Crippen molar-refractivity contribution in [3.05, 3.63) is 35.9 Å². The van der Waals surface area contributed by atoms with E-state index in [0.717, 1.165) is 18.4 Å². The van der Waals surface area contributed by atoms with E-state index in [1.807, 2.05) is 30.3 Å². The van der Waals surface area contributed by atoms with Crippen LogP contribution >= 0.6 is 0 Å². The summed E-state index contributed by atoms with van der Waals surface area (Å²) in [5.41, 5.74) is 5.41. The molecule has 1 atom stereocenters. The van der Waals surface area contributed by atoms with Crippen LogP contribution in [0.2, 0.25) is 0 Å². The lowest BCUT2D eigenvalue weighted by molar-refractivity contribution is -0.145. The van der Waals surface area contributed by atoms with Crippen molar-refractivity contribution < 1.29 is 19.3 Å². The average molecular weight is 361 g/mol. The van der Waals surface area contributed by atoms with Crippen LogP contribution in [0.3, 0.4) is 0 Å². The Morgan fingerprint density at radius 2 is 1.92 bits per heavy atom. The largest absolute Gasteiger partial charge is 0.436 e. The molecule has 5 N–H and O–H groups in total. The molecule has 1 aliphatic carbocycles. The maximum Gasteiger partial charge on any atom is 0.436 e. The van der Waals surface area contributed by atoms with E-state index in [1.54, 1.807) is 0 Å². The Bertz CT molecular complexity index is 579. The van der Waals surface area contributed by atoms with Crippen molar-refractivity contribution in [2.24, 2.45) is 11.1 Å². The van der Waals surface area contributed by atoms with Gasteiger partial charge in [0, 0.05) is 6.54 Å². The average Bonchev–Trinajstić information content (AvgIpc) is 3.16. The molecule has 7 nitrogen and oxygen atoms in total. The molecule has 1 aliphatic rings. The molecule has 1 aromatic rings. The van der Waals surface area contributed by atoms with Crippen LogP contribution in [0, 0.1) is 5.41 Å². The predicted molar refractivity (Wildman–Crippen MR) is 99.9 cm³/mol. The van der Waals surface area contributed by atoms with E-state index < -0.39 is 19.3 Å². The summed E-state index contributed by atoms with van der Waals surface area (Å²) in [4.78, 5) is 25.8. The summed E-state index contributed by atoms with van der Waals surface area (Å²) in [6.45, 7) is 0.850. The second-order valence-corrected chi connectivity index (χ2v) is 6.65. The fraction of sp³-hybridized carbons (Fsp3) is 0.556. The van der Waals surface area contributed by atoms with E-state index in [-0.39, 0.29) is 11.8 Å². The van der Waals surface area contributed by atoms with Crippen molar-refractivity contribution in [1.82, 2.24) is 10.6 Å². The zero-order valence-corrected chi connectivity index (χ0v) is 15.1. The quantitative estimate of drug-likeness (QED) is 0.272. The molecule has 0 radical (unpaired) electrons. The predicted octanol–water partition coefficient (Wildman–Crippen LogP) is 0.320. The zero-order chi connectivity index (χ0) is 18.8. The number of hydrogen-bond donors (Lipinski definition) is 4. The maximum atomic E-state index is 12.9. The summed E-state index contributed by atoms with van der Waals surface area (Å²) < 4.78 is 5.16. The molecule has 1 fully saturated rings. The van der Waals surface area contributed by atoms with Crippen LogP contribution in [0.1, 0.15) is 44.1 Å². The Kier molecular flexibility index (Phi) is 8.09. The third-order valence-electron chi connectivity index (χ3n) is 4.86. The van der Waals surface area contributed by atoms with Gasteiger partial charge in [-0.25, -0.2) is 0 Å². The molecule has 2 rings (SSSR count). The summed E-state index contributed by atoms with van der Waals surface area (Å²) in [5.74, 6) is -0.589. The summed E-state index contributed by atoms with van der Waals surface area (Å²) in [7, 11) is -0.497. The van der Waals surface area contributed by atoms with Crippen LogP contribution in [0.25, 0.3) is 0 Å². The number of nitrogens with one attached hydrogen (secondary N) is 2. The molecule has 0 spiro atoms. The van der Waals surface area contributed by atoms with Gasteiger partial charge in [0.05, 0.1) is 0 Å². The Morgan fingerprint density at radius 3 is 2.54 bits per heavy atom. The molecular weight excluding hydrogens is 333 g/mol. The lowest BCUT2D eigenvalue weighted by Crippen LogP contribution is -2.53. The molecule has 1 aromatic carbocycles. The molecule has 0 heterocycles. The van der Waals surface area contributed by atoms with Crippen molar-refractivity contribution in [2.45, 2.75) is 51.3 Å². The Balaban J connectivity index is 2.02. The van der Waals surface area contributed by atoms with Crippen LogP contribution < -0.4 is 16.4 Å². The van der Waals surface area contributed by atoms with Gasteiger partial charge in [0.1, 0.15) is 11.6 Å². The smallest absolute Gasteiger partial charge is 0.430 e. The fourth-order valence-electron chi connectivity index (χ4n) is 3.36. The normalized spacial score (nSPS) is 16.7. The first kappa shape index (κ1) is 20.4. The number of rotatable bonds is 10. The Hall–Kier alpha value is -1.90. The lowest BCUT2D eigenvalue weighted by Gasteiger charge is -2.29. The first-order valence-electron chi connectivity index (χ1n) is 9.18. The van der Waals surface area contributed by atoms with Crippen LogP contribution in [-0.4, -0.2) is 37.3 Å². The molecule has 0 unspecified atom stereocenters. The standard InChI is InChI=1S/C18H28BN3O4/c20-12-6-9-15(26-19-25)22-17(24)18(10-4-5-11-18)16(23)21-13-14-7-2-1-3-8-14/h1-3,7-8,15,19,25H,4-6,9-13,20H2,(H,21,23)(H,22,24)/t15-/m1/s1. The number of nitrogens with two attached hydrogens (primary N) is 1. The van der Waals surface area contributed by atoms with Gasteiger partial charge in [-0.3, -0.25) is 9.59 Å². The van der Waals surface area contributed by atoms with Crippen LogP contribution in [0.4, 0.5) is 0 Å². The molecule has 0 saturated heterocycles. The summed E-state index contributed by atoms with van der Waals surface area (Å²) >= 11 is 0. The van der Waals surface area contributed by atoms with E-state index in [2.05, 4.69) is 10.6 Å². The van der Waals surface area contributed by atoms with E-state index in [4.69, 9.17) is 15.4 Å². The molecular formula is C18H28BN3O4. The molecule has 0 bridgehead atoms. The summed E-state index contributed by atoms with van der Waals surface area (Å²) in [6, 6.07) is 9.60. The number of amides is 2. The van der Waals surface area contributed by atoms with Gasteiger partial charge in [-0.1, -0.05) is 43.2 Å². The highest BCUT2D eigenvalue weighted by molar-refractivity contribution is 6.16. The zero-order valence-electron chi connectivity index (χ0n) is 15.1. The van der Waals surface area contributed by atoms with Gasteiger partial charge >= 0.3 is 7.69 Å². The highest BCUT2D eigenvalue weighted by atomic mass is 16.5. The molecule has 142 valence electrons. The van der Waals surface area contributed by atoms with Gasteiger partial charge in [0.2, 0.25) is 11.8 Å². The van der Waals surface area contributed by atoms with Gasteiger partial charge in [0.15, 0.2) is 0 Å². The molecule has 0 aromatic heterocycles. The highest BCUT2D eigenvalue weighted by Crippen LogP contribution is 2.39. The second kappa shape index (κ2) is 10.3. The number of hydrogen-bond acceptors (Lipinski definition) is 5. The van der Waals surface area contributed by atoms with Gasteiger partial charge in [-0.05, 0) is 37.8 Å². The lowest BCUT2D eigenvalue weighted by atomic mass is 9.83. The van der Waals surface area contributed by atoms with Crippen LogP contribution in [0.5, 0.6) is 0 Å². The van der Waals surface area contributed by atoms with Crippen molar-refractivity contribution >= 4 is 19.5 Å². The van der Waals surface area contributed by atoms with Gasteiger partial charge < -0.3 is 26.0 Å². The molecule has 1 saturated carbocycles. The minimum atomic E-state index is -1.07. The second-order valence-electron chi connectivity index (χ2n) is 6.65. The number of carbonyl (C=O) groups is 2. The molecule has 2 amide bonds. The van der Waals surface area contributed by atoms with Crippen LogP contribution in [-0.2, 0) is 20.8 Å². The number of carbonyl (C=O) groups excluding carboxylic acids is 2. The monoisotopic (exact) mass is 361 g/mol. The SMILES string of the molecule is NCCC[C@H](NC(=O)C1(C(=O)NCc2ccccc2)CCCC1)OBO. The minimum absolute atomic E-state index is 0.252. The van der Waals surface area contributed by atoms with E-state index in [0.29, 0.717) is 38.8 Å². The first-order chi connectivity index (χ1) is 12.6. The van der Waals surface area contributed by atoms with Crippen molar-refractivity contribution in [3.8, 4) is 0 Å². The van der Waals surface area contributed by atoms with Gasteiger partial charge in [0.25, 0.3) is 0 Å². The van der Waals surface area contributed by atoms with Crippen molar-refractivity contribution in [2.75, 3.05) is 6.54 Å². The van der Waals surface area contributed by atoms with Crippen molar-refractivity contribution in [3.63, 3.8) is 0 Å². The Morgan fingerprint density at radius 1 is 1.23 bits per heavy atom. The Labute approximate surface area is 155 Å². The molecule has 8 heteroatoms. The van der Waals surface area contributed by atoms with Gasteiger partial charge in [-0.15, -0.1) is 0 Å². The maximum absolute atomic E-state index is 12.9. The van der Waals surface area contributed by atoms with E-state index >= 15 is 0 Å². The highest BCUT2D eigenvalue weighted by Gasteiger charge is 2.48. The third-order valence-corrected chi connectivity index (χ3v) is 4.86. The van der Waals surface area contributed by atoms with Crippen molar-refractivity contribution in [1.29, 1.82) is 0 Å². The molecule has 0 aliphatic heterocycles. The topological polar surface area (TPSA) is 114 Å². The van der Waals surface area contributed by atoms with E-state index in [9.17, 15) is 9.59 Å². The third kappa shape index (κ3) is 5.30. The number of benzene rings is 1. The first-order valence-corrected chi connectivity index (χ1v) is 9.18.